The summed E-state index contributed by atoms with van der Waals surface area (Å²) in [5.41, 5.74) is 0.334. The van der Waals surface area contributed by atoms with E-state index in [9.17, 15) is 18.0 Å². The van der Waals surface area contributed by atoms with Crippen LogP contribution in [0.1, 0.15) is 56.6 Å². The maximum absolute atomic E-state index is 14.3. The Labute approximate surface area is 202 Å². The van der Waals surface area contributed by atoms with Gasteiger partial charge in [0.2, 0.25) is 0 Å². The van der Waals surface area contributed by atoms with Crippen LogP contribution in [0.5, 0.6) is 0 Å². The second-order valence-corrected chi connectivity index (χ2v) is 8.94. The molecule has 0 radical (unpaired) electrons. The molecular formula is C24H29F3N6O2. The largest absolute Gasteiger partial charge is 0.408 e. The lowest BCUT2D eigenvalue weighted by molar-refractivity contribution is -0.188. The zero-order valence-corrected chi connectivity index (χ0v) is 19.8. The summed E-state index contributed by atoms with van der Waals surface area (Å²) in [5.74, 6) is 0. The van der Waals surface area contributed by atoms with E-state index in [-0.39, 0.29) is 36.9 Å². The summed E-state index contributed by atoms with van der Waals surface area (Å²) in [5, 5.41) is 4.28. The number of halogens is 3. The SMILES string of the molecule is [C-]#[N+]c1c(N2CCN(C(c3cccnc3CC)C(F)(F)F)C[C@H]2C)cnn(C2CCCCO2)c1=O. The lowest BCUT2D eigenvalue weighted by atomic mass is 9.99. The highest BCUT2D eigenvalue weighted by atomic mass is 19.4. The minimum atomic E-state index is -4.47. The lowest BCUT2D eigenvalue weighted by Gasteiger charge is -2.45. The van der Waals surface area contributed by atoms with Crippen LogP contribution < -0.4 is 10.5 Å². The number of rotatable bonds is 5. The topological polar surface area (TPSA) is 67.8 Å². The summed E-state index contributed by atoms with van der Waals surface area (Å²) < 4.78 is 49.6. The summed E-state index contributed by atoms with van der Waals surface area (Å²) >= 11 is 0. The zero-order chi connectivity index (χ0) is 25.2. The van der Waals surface area contributed by atoms with Crippen molar-refractivity contribution in [3.63, 3.8) is 0 Å². The molecule has 2 aliphatic heterocycles. The number of hydrogen-bond donors (Lipinski definition) is 0. The van der Waals surface area contributed by atoms with Gasteiger partial charge in [-0.3, -0.25) is 14.7 Å². The van der Waals surface area contributed by atoms with E-state index < -0.39 is 24.0 Å². The first-order chi connectivity index (χ1) is 16.8. The van der Waals surface area contributed by atoms with Crippen molar-refractivity contribution in [3.8, 4) is 0 Å². The third-order valence-corrected chi connectivity index (χ3v) is 6.70. The van der Waals surface area contributed by atoms with E-state index in [4.69, 9.17) is 11.3 Å². The van der Waals surface area contributed by atoms with Crippen molar-refractivity contribution in [1.82, 2.24) is 19.7 Å². The number of alkyl halides is 3. The molecule has 8 nitrogen and oxygen atoms in total. The maximum Gasteiger partial charge on any atom is 0.408 e. The first-order valence-corrected chi connectivity index (χ1v) is 11.9. The Morgan fingerprint density at radius 2 is 2.11 bits per heavy atom. The van der Waals surface area contributed by atoms with Crippen LogP contribution in [0.25, 0.3) is 4.85 Å². The number of ether oxygens (including phenoxy) is 1. The van der Waals surface area contributed by atoms with Gasteiger partial charge in [0.15, 0.2) is 6.23 Å². The van der Waals surface area contributed by atoms with Gasteiger partial charge in [0.05, 0.1) is 18.5 Å². The van der Waals surface area contributed by atoms with E-state index in [1.807, 2.05) is 4.90 Å². The summed E-state index contributed by atoms with van der Waals surface area (Å²) in [6.07, 6.45) is 0.873. The van der Waals surface area contributed by atoms with Crippen molar-refractivity contribution >= 4 is 11.4 Å². The molecule has 2 aromatic rings. The Balaban J connectivity index is 1.60. The molecule has 0 aromatic carbocycles. The molecule has 0 saturated carbocycles. The van der Waals surface area contributed by atoms with Crippen LogP contribution in [0.3, 0.4) is 0 Å². The van der Waals surface area contributed by atoms with Crippen LogP contribution in [0.2, 0.25) is 0 Å². The molecule has 2 aliphatic rings. The van der Waals surface area contributed by atoms with Gasteiger partial charge in [-0.15, -0.1) is 0 Å². The molecule has 4 heterocycles. The average Bonchev–Trinajstić information content (AvgIpc) is 2.84. The average molecular weight is 491 g/mol. The van der Waals surface area contributed by atoms with Crippen LogP contribution in [-0.2, 0) is 11.2 Å². The number of anilines is 1. The molecule has 0 amide bonds. The van der Waals surface area contributed by atoms with Gasteiger partial charge in [-0.1, -0.05) is 13.0 Å². The Kier molecular flexibility index (Phi) is 7.42. The molecule has 2 fully saturated rings. The summed E-state index contributed by atoms with van der Waals surface area (Å²) in [7, 11) is 0. The monoisotopic (exact) mass is 490 g/mol. The van der Waals surface area contributed by atoms with E-state index in [2.05, 4.69) is 14.9 Å². The number of aryl methyl sites for hydroxylation is 1. The molecule has 0 spiro atoms. The first kappa shape index (κ1) is 25.1. The predicted molar refractivity (Wildman–Crippen MR) is 124 cm³/mol. The fraction of sp³-hybridized carbons (Fsp3) is 0.583. The quantitative estimate of drug-likeness (QED) is 0.584. The Bertz CT molecular complexity index is 1140. The molecule has 0 N–H and O–H groups in total. The van der Waals surface area contributed by atoms with Gasteiger partial charge in [-0.05, 0) is 44.2 Å². The number of hydrogen-bond acceptors (Lipinski definition) is 6. The van der Waals surface area contributed by atoms with Crippen LogP contribution in [0.4, 0.5) is 24.5 Å². The second-order valence-electron chi connectivity index (χ2n) is 8.94. The van der Waals surface area contributed by atoms with Gasteiger partial charge in [0.25, 0.3) is 11.2 Å². The van der Waals surface area contributed by atoms with Crippen LogP contribution in [0, 0.1) is 6.57 Å². The van der Waals surface area contributed by atoms with Gasteiger partial charge in [0, 0.05) is 44.2 Å². The van der Waals surface area contributed by atoms with Crippen LogP contribution in [-0.4, -0.2) is 58.1 Å². The van der Waals surface area contributed by atoms with Crippen molar-refractivity contribution < 1.29 is 17.9 Å². The highest BCUT2D eigenvalue weighted by Crippen LogP contribution is 2.40. The summed E-state index contributed by atoms with van der Waals surface area (Å²) in [4.78, 5) is 23.9. The van der Waals surface area contributed by atoms with E-state index >= 15 is 0 Å². The highest BCUT2D eigenvalue weighted by Gasteiger charge is 2.47. The van der Waals surface area contributed by atoms with Crippen LogP contribution in [0.15, 0.2) is 29.3 Å². The third kappa shape index (κ3) is 5.04. The van der Waals surface area contributed by atoms with Gasteiger partial charge in [-0.2, -0.15) is 18.3 Å². The normalized spacial score (nSPS) is 22.6. The van der Waals surface area contributed by atoms with E-state index in [1.165, 1.54) is 34.1 Å². The van der Waals surface area contributed by atoms with Gasteiger partial charge in [0.1, 0.15) is 6.04 Å². The van der Waals surface area contributed by atoms with E-state index in [1.54, 1.807) is 13.8 Å². The number of aromatic nitrogens is 3. The second kappa shape index (κ2) is 10.3. The maximum atomic E-state index is 14.3. The molecule has 0 aliphatic carbocycles. The first-order valence-electron chi connectivity index (χ1n) is 11.9. The number of piperazine rings is 1. The molecule has 4 rings (SSSR count). The molecule has 35 heavy (non-hydrogen) atoms. The fourth-order valence-corrected chi connectivity index (χ4v) is 5.04. The predicted octanol–water partition coefficient (Wildman–Crippen LogP) is 4.26. The fourth-order valence-electron chi connectivity index (χ4n) is 5.04. The van der Waals surface area contributed by atoms with Crippen molar-refractivity contribution in [1.29, 1.82) is 0 Å². The summed E-state index contributed by atoms with van der Waals surface area (Å²) in [6, 6.07) is 0.880. The molecule has 11 heteroatoms. The van der Waals surface area contributed by atoms with Crippen molar-refractivity contribution in [3.05, 3.63) is 57.6 Å². The number of nitrogens with zero attached hydrogens (tertiary/aromatic N) is 6. The molecule has 3 atom stereocenters. The molecule has 0 bridgehead atoms. The molecule has 2 saturated heterocycles. The zero-order valence-electron chi connectivity index (χ0n) is 19.8. The van der Waals surface area contributed by atoms with Crippen molar-refractivity contribution in [2.24, 2.45) is 0 Å². The van der Waals surface area contributed by atoms with Crippen molar-refractivity contribution in [2.75, 3.05) is 31.1 Å². The minimum Gasteiger partial charge on any atom is -0.374 e. The van der Waals surface area contributed by atoms with E-state index in [0.29, 0.717) is 30.8 Å². The Morgan fingerprint density at radius 3 is 2.74 bits per heavy atom. The Morgan fingerprint density at radius 1 is 1.31 bits per heavy atom. The minimum absolute atomic E-state index is 0.0811. The highest BCUT2D eigenvalue weighted by molar-refractivity contribution is 5.69. The Hall–Kier alpha value is -2.97. The molecule has 2 unspecified atom stereocenters. The van der Waals surface area contributed by atoms with Gasteiger partial charge in [-0.25, -0.2) is 9.53 Å². The molecule has 2 aromatic heterocycles. The third-order valence-electron chi connectivity index (χ3n) is 6.70. The summed E-state index contributed by atoms with van der Waals surface area (Å²) in [6.45, 7) is 12.2. The molecular weight excluding hydrogens is 461 g/mol. The standard InChI is InChI=1S/C24H29F3N6O2/c1-4-18-17(8-7-10-29-18)22(24(25,26)27)31-11-12-32(16(2)15-31)19-14-30-33(23(34)21(19)28-3)20-9-5-6-13-35-20/h7-8,10,14,16,20,22H,4-6,9,11-13,15H2,1-2H3/t16-,20?,22?/m1/s1. The van der Waals surface area contributed by atoms with Crippen molar-refractivity contribution in [2.45, 2.75) is 64.0 Å². The number of pyridine rings is 1. The van der Waals surface area contributed by atoms with Crippen LogP contribution >= 0.6 is 0 Å². The lowest BCUT2D eigenvalue weighted by Crippen LogP contribution is -2.55. The van der Waals surface area contributed by atoms with Gasteiger partial charge < -0.3 is 9.64 Å². The molecule has 188 valence electrons. The van der Waals surface area contributed by atoms with E-state index in [0.717, 1.165) is 12.8 Å². The smallest absolute Gasteiger partial charge is 0.374 e. The van der Waals surface area contributed by atoms with Gasteiger partial charge >= 0.3 is 6.18 Å².